The zero-order valence-electron chi connectivity index (χ0n) is 18.1. The first-order valence-electron chi connectivity index (χ1n) is 10.3. The average molecular weight is 446 g/mol. The monoisotopic (exact) mass is 446 g/mol. The van der Waals surface area contributed by atoms with Crippen LogP contribution in [0.4, 0.5) is 5.69 Å². The van der Waals surface area contributed by atoms with Crippen LogP contribution in [0, 0.1) is 0 Å². The Morgan fingerprint density at radius 2 is 1.70 bits per heavy atom. The maximum atomic E-state index is 12.9. The van der Waals surface area contributed by atoms with Crippen molar-refractivity contribution >= 4 is 23.3 Å². The van der Waals surface area contributed by atoms with Crippen molar-refractivity contribution in [2.45, 2.75) is 18.8 Å². The number of methoxy groups -OCH3 is 2. The summed E-state index contributed by atoms with van der Waals surface area (Å²) in [7, 11) is 2.82. The number of esters is 1. The molecule has 1 aliphatic carbocycles. The van der Waals surface area contributed by atoms with E-state index in [1.54, 1.807) is 19.2 Å². The second-order valence-electron chi connectivity index (χ2n) is 7.70. The van der Waals surface area contributed by atoms with Crippen LogP contribution >= 0.6 is 0 Å². The Kier molecular flexibility index (Phi) is 6.08. The molecule has 0 fully saturated rings. The smallest absolute Gasteiger partial charge is 0.339 e. The van der Waals surface area contributed by atoms with E-state index in [0.717, 1.165) is 11.3 Å². The van der Waals surface area contributed by atoms with Crippen LogP contribution in [-0.4, -0.2) is 36.9 Å². The van der Waals surface area contributed by atoms with Gasteiger partial charge in [0.2, 0.25) is 0 Å². The molecule has 33 heavy (non-hydrogen) atoms. The van der Waals surface area contributed by atoms with Crippen LogP contribution in [0.1, 0.15) is 54.7 Å². The van der Waals surface area contributed by atoms with E-state index >= 15 is 0 Å². The number of carbonyl (C=O) groups is 3. The first-order chi connectivity index (χ1) is 15.9. The molecule has 4 rings (SSSR count). The first-order valence-corrected chi connectivity index (χ1v) is 10.3. The maximum Gasteiger partial charge on any atom is 0.339 e. The van der Waals surface area contributed by atoms with Crippen LogP contribution < -0.4 is 15.6 Å². The van der Waals surface area contributed by atoms with E-state index in [4.69, 9.17) is 9.47 Å². The van der Waals surface area contributed by atoms with Gasteiger partial charge in [0.25, 0.3) is 11.5 Å². The fourth-order valence-corrected chi connectivity index (χ4v) is 3.98. The number of fused-ring (bicyclic) bond motifs is 1. The molecule has 1 aliphatic rings. The molecule has 8 heteroatoms. The number of carbonyl (C=O) groups excluding carboxylic acids is 3. The highest BCUT2D eigenvalue weighted by atomic mass is 16.5. The molecule has 8 nitrogen and oxygen atoms in total. The quantitative estimate of drug-likeness (QED) is 0.581. The van der Waals surface area contributed by atoms with Gasteiger partial charge >= 0.3 is 5.97 Å². The lowest BCUT2D eigenvalue weighted by Gasteiger charge is -2.24. The molecule has 1 amide bonds. The van der Waals surface area contributed by atoms with Crippen molar-refractivity contribution in [3.63, 3.8) is 0 Å². The lowest BCUT2D eigenvalue weighted by Crippen LogP contribution is -2.29. The lowest BCUT2D eigenvalue weighted by molar-refractivity contribution is 0.0601. The van der Waals surface area contributed by atoms with Gasteiger partial charge in [-0.1, -0.05) is 24.3 Å². The Hall–Kier alpha value is -4.20. The highest BCUT2D eigenvalue weighted by Gasteiger charge is 2.29. The normalized spacial score (nSPS) is 14.8. The summed E-state index contributed by atoms with van der Waals surface area (Å²) in [5.74, 6) is -0.861. The number of hydrogen-bond acceptors (Lipinski definition) is 6. The van der Waals surface area contributed by atoms with Gasteiger partial charge in [-0.25, -0.2) is 4.79 Å². The number of aromatic nitrogens is 1. The summed E-state index contributed by atoms with van der Waals surface area (Å²) >= 11 is 0. The van der Waals surface area contributed by atoms with E-state index in [-0.39, 0.29) is 34.9 Å². The summed E-state index contributed by atoms with van der Waals surface area (Å²) in [5, 5.41) is 2.57. The van der Waals surface area contributed by atoms with Crippen molar-refractivity contribution in [1.82, 2.24) is 4.98 Å². The molecular formula is C25H22N2O6. The van der Waals surface area contributed by atoms with Crippen LogP contribution in [0.5, 0.6) is 5.75 Å². The van der Waals surface area contributed by atoms with Gasteiger partial charge in [0.05, 0.1) is 25.5 Å². The van der Waals surface area contributed by atoms with Crippen molar-refractivity contribution in [3.05, 3.63) is 92.9 Å². The number of rotatable bonds is 5. The minimum absolute atomic E-state index is 0.0850. The molecule has 1 unspecified atom stereocenters. The Bertz CT molecular complexity index is 1290. The highest BCUT2D eigenvalue weighted by molar-refractivity contribution is 6.09. The maximum absolute atomic E-state index is 12.9. The molecule has 0 saturated heterocycles. The van der Waals surface area contributed by atoms with Crippen LogP contribution in [0.3, 0.4) is 0 Å². The minimum atomic E-state index is -0.722. The molecule has 0 saturated carbocycles. The fourth-order valence-electron chi connectivity index (χ4n) is 3.98. The number of para-hydroxylation sites is 1. The van der Waals surface area contributed by atoms with Gasteiger partial charge < -0.3 is 19.8 Å². The Morgan fingerprint density at radius 1 is 0.970 bits per heavy atom. The third-order valence-electron chi connectivity index (χ3n) is 5.72. The number of aromatic amines is 1. The van der Waals surface area contributed by atoms with Gasteiger partial charge in [-0.3, -0.25) is 14.4 Å². The van der Waals surface area contributed by atoms with E-state index in [1.807, 2.05) is 24.3 Å². The minimum Gasteiger partial charge on any atom is -0.497 e. The Morgan fingerprint density at radius 3 is 2.39 bits per heavy atom. The van der Waals surface area contributed by atoms with Crippen molar-refractivity contribution in [3.8, 4) is 5.75 Å². The Balaban J connectivity index is 1.61. The number of benzene rings is 2. The predicted molar refractivity (Wildman–Crippen MR) is 121 cm³/mol. The molecule has 1 heterocycles. The van der Waals surface area contributed by atoms with Crippen molar-refractivity contribution in [2.75, 3.05) is 19.5 Å². The Labute approximate surface area is 189 Å². The fraction of sp³-hybridized carbons (Fsp3) is 0.200. The molecule has 1 aromatic heterocycles. The molecule has 0 bridgehead atoms. The number of ketones is 1. The molecule has 2 N–H and O–H groups in total. The van der Waals surface area contributed by atoms with Gasteiger partial charge in [0.1, 0.15) is 11.3 Å². The molecule has 0 aliphatic heterocycles. The largest absolute Gasteiger partial charge is 0.497 e. The van der Waals surface area contributed by atoms with Gasteiger partial charge in [-0.2, -0.15) is 0 Å². The number of pyridine rings is 1. The number of H-pyrrole nitrogens is 1. The second-order valence-corrected chi connectivity index (χ2v) is 7.70. The number of hydrogen-bond donors (Lipinski definition) is 2. The third-order valence-corrected chi connectivity index (χ3v) is 5.72. The van der Waals surface area contributed by atoms with Gasteiger partial charge in [0, 0.05) is 17.7 Å². The van der Waals surface area contributed by atoms with Gasteiger partial charge in [-0.15, -0.1) is 0 Å². The number of amides is 1. The van der Waals surface area contributed by atoms with Crippen molar-refractivity contribution in [2.24, 2.45) is 0 Å². The van der Waals surface area contributed by atoms with Crippen molar-refractivity contribution < 1.29 is 23.9 Å². The lowest BCUT2D eigenvalue weighted by atomic mass is 9.81. The van der Waals surface area contributed by atoms with Gasteiger partial charge in [-0.05, 0) is 48.2 Å². The summed E-state index contributed by atoms with van der Waals surface area (Å²) in [6.07, 6.45) is 0.729. The second kappa shape index (κ2) is 9.12. The molecule has 3 aromatic rings. The number of nitrogens with one attached hydrogen (secondary N) is 2. The third kappa shape index (κ3) is 4.41. The van der Waals surface area contributed by atoms with E-state index in [9.17, 15) is 19.2 Å². The topological polar surface area (TPSA) is 115 Å². The standard InChI is InChI=1S/C25H22N2O6/c1-32-16-9-7-14(8-10-16)15-11-21-18(22(28)12-15)13-19(24(30)27-21)23(29)26-20-6-4-3-5-17(20)25(31)33-2/h3-10,13,15H,11-12H2,1-2H3,(H,26,29)(H,27,30). The highest BCUT2D eigenvalue weighted by Crippen LogP contribution is 2.32. The number of ether oxygens (including phenoxy) is 2. The first kappa shape index (κ1) is 22.0. The number of Topliss-reactive ketones (excluding diaryl/α,β-unsaturated/α-hetero) is 1. The molecule has 0 radical (unpaired) electrons. The van der Waals surface area contributed by atoms with Crippen LogP contribution in [0.15, 0.2) is 59.4 Å². The summed E-state index contributed by atoms with van der Waals surface area (Å²) in [6, 6.07) is 15.1. The van der Waals surface area contributed by atoms with Crippen molar-refractivity contribution in [1.29, 1.82) is 0 Å². The number of anilines is 1. The summed E-state index contributed by atoms with van der Waals surface area (Å²) < 4.78 is 9.90. The summed E-state index contributed by atoms with van der Waals surface area (Å²) in [5.41, 5.74) is 1.35. The SMILES string of the molecule is COC(=O)c1ccccc1NC(=O)c1cc2c([nH]c1=O)CC(c1ccc(OC)cc1)CC2=O. The van der Waals surface area contributed by atoms with Crippen LogP contribution in [-0.2, 0) is 11.2 Å². The molecular weight excluding hydrogens is 424 g/mol. The predicted octanol–water partition coefficient (Wildman–Crippen LogP) is 3.34. The summed E-state index contributed by atoms with van der Waals surface area (Å²) in [4.78, 5) is 53.1. The average Bonchev–Trinajstić information content (AvgIpc) is 2.83. The van der Waals surface area contributed by atoms with E-state index < -0.39 is 17.4 Å². The molecule has 168 valence electrons. The van der Waals surface area contributed by atoms with Crippen LogP contribution in [0.25, 0.3) is 0 Å². The summed E-state index contributed by atoms with van der Waals surface area (Å²) in [6.45, 7) is 0. The molecule has 0 spiro atoms. The van der Waals surface area contributed by atoms with E-state index in [1.165, 1.54) is 25.3 Å². The van der Waals surface area contributed by atoms with Gasteiger partial charge in [0.15, 0.2) is 5.78 Å². The molecule has 1 atom stereocenters. The zero-order valence-corrected chi connectivity index (χ0v) is 18.1. The van der Waals surface area contributed by atoms with E-state index in [0.29, 0.717) is 17.7 Å². The molecule has 2 aromatic carbocycles. The van der Waals surface area contributed by atoms with E-state index in [2.05, 4.69) is 10.3 Å². The van der Waals surface area contributed by atoms with Crippen LogP contribution in [0.2, 0.25) is 0 Å². The zero-order chi connectivity index (χ0) is 23.5.